The lowest BCUT2D eigenvalue weighted by atomic mass is 9.82. The Bertz CT molecular complexity index is 1420. The highest BCUT2D eigenvalue weighted by Gasteiger charge is 2.36. The minimum atomic E-state index is -3.70. The largest absolute Gasteiger partial charge is 0.507 e. The van der Waals surface area contributed by atoms with Crippen LogP contribution in [0.25, 0.3) is 0 Å². The Morgan fingerprint density at radius 3 is 2.40 bits per heavy atom. The minimum Gasteiger partial charge on any atom is -0.507 e. The number of allylic oxidation sites excluding steroid dienone is 3. The Balaban J connectivity index is 1.65. The van der Waals surface area contributed by atoms with Crippen molar-refractivity contribution in [2.75, 3.05) is 12.3 Å². The SMILES string of the molecule is CCCCNS(=O)(=O)C1(C)C=CC=C(Oc2cc(O)c3c(c2N)C(=O)c2ccccc2C3=O)C=C1. The summed E-state index contributed by atoms with van der Waals surface area (Å²) in [4.78, 5) is 26.0. The fourth-order valence-electron chi connectivity index (χ4n) is 3.96. The maximum Gasteiger partial charge on any atom is 0.224 e. The van der Waals surface area contributed by atoms with E-state index in [2.05, 4.69) is 4.72 Å². The van der Waals surface area contributed by atoms with Crippen molar-refractivity contribution in [1.82, 2.24) is 4.72 Å². The fraction of sp³-hybridized carbons (Fsp3) is 0.231. The molecule has 2 aliphatic carbocycles. The number of carbonyl (C=O) groups is 2. The number of carbonyl (C=O) groups excluding carboxylic acids is 2. The number of hydrogen-bond donors (Lipinski definition) is 3. The maximum atomic E-state index is 13.1. The van der Waals surface area contributed by atoms with E-state index in [0.29, 0.717) is 6.54 Å². The molecule has 0 spiro atoms. The van der Waals surface area contributed by atoms with Gasteiger partial charge >= 0.3 is 0 Å². The molecule has 0 radical (unpaired) electrons. The number of rotatable bonds is 7. The van der Waals surface area contributed by atoms with Crippen LogP contribution in [0.4, 0.5) is 5.69 Å². The van der Waals surface area contributed by atoms with Crippen LogP contribution in [0.1, 0.15) is 58.5 Å². The van der Waals surface area contributed by atoms with Gasteiger partial charge < -0.3 is 15.6 Å². The zero-order chi connectivity index (χ0) is 25.4. The number of ketones is 2. The number of phenols is 1. The number of phenolic OH excluding ortho intramolecular Hbond substituents is 1. The second-order valence-corrected chi connectivity index (χ2v) is 10.7. The van der Waals surface area contributed by atoms with Gasteiger partial charge in [-0.25, -0.2) is 13.1 Å². The van der Waals surface area contributed by atoms with Gasteiger partial charge in [-0.2, -0.15) is 0 Å². The van der Waals surface area contributed by atoms with Crippen molar-refractivity contribution < 1.29 is 27.9 Å². The average molecular weight is 495 g/mol. The molecule has 0 fully saturated rings. The number of sulfonamides is 1. The summed E-state index contributed by atoms with van der Waals surface area (Å²) in [5.74, 6) is -1.22. The molecular formula is C26H26N2O6S. The van der Waals surface area contributed by atoms with Crippen molar-refractivity contribution in [3.8, 4) is 11.5 Å². The summed E-state index contributed by atoms with van der Waals surface area (Å²) in [5, 5.41) is 10.6. The Morgan fingerprint density at radius 1 is 1.09 bits per heavy atom. The molecule has 1 atom stereocenters. The number of hydrogen-bond acceptors (Lipinski definition) is 7. The predicted octanol–water partition coefficient (Wildman–Crippen LogP) is 3.62. The van der Waals surface area contributed by atoms with Crippen molar-refractivity contribution >= 4 is 27.3 Å². The third kappa shape index (κ3) is 4.28. The summed E-state index contributed by atoms with van der Waals surface area (Å²) < 4.78 is 32.8. The number of ether oxygens (including phenoxy) is 1. The summed E-state index contributed by atoms with van der Waals surface area (Å²) in [6, 6.07) is 7.51. The van der Waals surface area contributed by atoms with E-state index in [1.807, 2.05) is 6.92 Å². The van der Waals surface area contributed by atoms with E-state index in [0.717, 1.165) is 12.8 Å². The van der Waals surface area contributed by atoms with Crippen LogP contribution in [-0.4, -0.2) is 36.4 Å². The third-order valence-corrected chi connectivity index (χ3v) is 8.09. The summed E-state index contributed by atoms with van der Waals surface area (Å²) in [5.41, 5.74) is 6.26. The van der Waals surface area contributed by atoms with Crippen molar-refractivity contribution in [3.05, 3.63) is 88.7 Å². The number of nitrogens with one attached hydrogen (secondary N) is 1. The maximum absolute atomic E-state index is 13.1. The van der Waals surface area contributed by atoms with E-state index < -0.39 is 32.1 Å². The van der Waals surface area contributed by atoms with Gasteiger partial charge in [0.05, 0.1) is 16.8 Å². The zero-order valence-corrected chi connectivity index (χ0v) is 20.2. The van der Waals surface area contributed by atoms with Crippen molar-refractivity contribution in [2.24, 2.45) is 0 Å². The van der Waals surface area contributed by atoms with Crippen LogP contribution in [0.3, 0.4) is 0 Å². The van der Waals surface area contributed by atoms with Crippen LogP contribution in [0.5, 0.6) is 11.5 Å². The molecule has 0 bridgehead atoms. The lowest BCUT2D eigenvalue weighted by Crippen LogP contribution is -2.41. The molecule has 182 valence electrons. The van der Waals surface area contributed by atoms with Gasteiger partial charge in [0.25, 0.3) is 0 Å². The molecular weight excluding hydrogens is 468 g/mol. The minimum absolute atomic E-state index is 0.0291. The Morgan fingerprint density at radius 2 is 1.74 bits per heavy atom. The lowest BCUT2D eigenvalue weighted by molar-refractivity contribution is 0.0977. The first-order chi connectivity index (χ1) is 16.6. The highest BCUT2D eigenvalue weighted by atomic mass is 32.2. The molecule has 8 nitrogen and oxygen atoms in total. The van der Waals surface area contributed by atoms with Crippen LogP contribution in [0.2, 0.25) is 0 Å². The molecule has 0 heterocycles. The van der Waals surface area contributed by atoms with Crippen LogP contribution in [0, 0.1) is 0 Å². The number of nitrogens with two attached hydrogens (primary N) is 1. The molecule has 4 rings (SSSR count). The zero-order valence-electron chi connectivity index (χ0n) is 19.4. The molecule has 2 aliphatic rings. The first-order valence-electron chi connectivity index (χ1n) is 11.2. The van der Waals surface area contributed by atoms with Gasteiger partial charge in [0.15, 0.2) is 17.3 Å². The van der Waals surface area contributed by atoms with Gasteiger partial charge in [-0.3, -0.25) is 9.59 Å². The standard InChI is InChI=1S/C26H26N2O6S/c1-3-4-14-28-35(32,33)26(2)12-7-8-16(11-13-26)34-20-15-19(29)21-22(23(20)27)25(31)18-10-6-5-9-17(18)24(21)30/h5-13,15,28-29H,3-4,14,27H2,1-2H3. The van der Waals surface area contributed by atoms with Gasteiger partial charge in [-0.1, -0.05) is 55.8 Å². The number of benzene rings is 2. The van der Waals surface area contributed by atoms with Gasteiger partial charge in [0.2, 0.25) is 10.0 Å². The summed E-state index contributed by atoms with van der Waals surface area (Å²) in [6.45, 7) is 3.88. The second-order valence-electron chi connectivity index (χ2n) is 8.56. The normalized spacial score (nSPS) is 19.1. The molecule has 0 saturated heterocycles. The van der Waals surface area contributed by atoms with Crippen molar-refractivity contribution in [2.45, 2.75) is 31.4 Å². The Kier molecular flexibility index (Phi) is 6.40. The van der Waals surface area contributed by atoms with Crippen LogP contribution in [-0.2, 0) is 10.0 Å². The predicted molar refractivity (Wildman–Crippen MR) is 133 cm³/mol. The Hall–Kier alpha value is -3.69. The van der Waals surface area contributed by atoms with E-state index in [1.54, 1.807) is 31.2 Å². The quantitative estimate of drug-likeness (QED) is 0.259. The molecule has 0 saturated carbocycles. The van der Waals surface area contributed by atoms with Gasteiger partial charge in [-0.05, 0) is 25.5 Å². The monoisotopic (exact) mass is 494 g/mol. The Labute approximate surface area is 203 Å². The topological polar surface area (TPSA) is 136 Å². The summed E-state index contributed by atoms with van der Waals surface area (Å²) >= 11 is 0. The number of aromatic hydroxyl groups is 1. The van der Waals surface area contributed by atoms with Crippen molar-refractivity contribution in [3.63, 3.8) is 0 Å². The molecule has 2 aromatic rings. The molecule has 35 heavy (non-hydrogen) atoms. The summed E-state index contributed by atoms with van der Waals surface area (Å²) in [7, 11) is -3.70. The van der Waals surface area contributed by atoms with E-state index in [9.17, 15) is 23.1 Å². The molecule has 9 heteroatoms. The molecule has 2 aromatic carbocycles. The van der Waals surface area contributed by atoms with Crippen LogP contribution >= 0.6 is 0 Å². The van der Waals surface area contributed by atoms with Crippen LogP contribution < -0.4 is 15.2 Å². The number of nitrogen functional groups attached to an aromatic ring is 1. The van der Waals surface area contributed by atoms with E-state index in [1.165, 1.54) is 36.4 Å². The van der Waals surface area contributed by atoms with E-state index in [4.69, 9.17) is 10.5 Å². The molecule has 1 unspecified atom stereocenters. The highest BCUT2D eigenvalue weighted by molar-refractivity contribution is 7.91. The van der Waals surface area contributed by atoms with E-state index in [-0.39, 0.29) is 39.4 Å². The smallest absolute Gasteiger partial charge is 0.224 e. The number of fused-ring (bicyclic) bond motifs is 2. The first kappa shape index (κ1) is 24.4. The number of unbranched alkanes of at least 4 members (excludes halogenated alkanes) is 1. The van der Waals surface area contributed by atoms with Gasteiger partial charge in [0.1, 0.15) is 16.3 Å². The first-order valence-corrected chi connectivity index (χ1v) is 12.7. The van der Waals surface area contributed by atoms with Crippen molar-refractivity contribution in [1.29, 1.82) is 0 Å². The number of anilines is 1. The summed E-state index contributed by atoms with van der Waals surface area (Å²) in [6.07, 6.45) is 9.17. The third-order valence-electron chi connectivity index (χ3n) is 6.07. The molecule has 0 aromatic heterocycles. The molecule has 4 N–H and O–H groups in total. The van der Waals surface area contributed by atoms with Gasteiger partial charge in [0, 0.05) is 23.7 Å². The van der Waals surface area contributed by atoms with Crippen LogP contribution in [0.15, 0.2) is 66.5 Å². The van der Waals surface area contributed by atoms with Gasteiger partial charge in [-0.15, -0.1) is 0 Å². The second kappa shape index (κ2) is 9.16. The average Bonchev–Trinajstić information content (AvgIpc) is 3.02. The lowest BCUT2D eigenvalue weighted by Gasteiger charge is -2.22. The molecule has 0 amide bonds. The fourth-order valence-corrected chi connectivity index (χ4v) is 5.19. The molecule has 0 aliphatic heterocycles. The van der Waals surface area contributed by atoms with E-state index >= 15 is 0 Å². The highest BCUT2D eigenvalue weighted by Crippen LogP contribution is 2.42.